The number of carbonyl (C=O) groups is 2. The van der Waals surface area contributed by atoms with Crippen LogP contribution in [0, 0.1) is 5.41 Å². The SMILES string of the molecule is O=CC12CCCC=C1SC(C(=O)c1ccc(-c3ccccc3)cc1)C2. The Bertz CT molecular complexity index is 823. The first kappa shape index (κ1) is 16.3. The fourth-order valence-corrected chi connectivity index (χ4v) is 5.44. The highest BCUT2D eigenvalue weighted by atomic mass is 32.2. The van der Waals surface area contributed by atoms with Crippen LogP contribution in [-0.2, 0) is 4.79 Å². The van der Waals surface area contributed by atoms with E-state index in [9.17, 15) is 9.59 Å². The number of benzene rings is 2. The van der Waals surface area contributed by atoms with Gasteiger partial charge in [-0.3, -0.25) is 4.79 Å². The number of hydrogen-bond donors (Lipinski definition) is 0. The van der Waals surface area contributed by atoms with E-state index in [4.69, 9.17) is 0 Å². The van der Waals surface area contributed by atoms with Gasteiger partial charge in [-0.25, -0.2) is 0 Å². The molecule has 2 atom stereocenters. The lowest BCUT2D eigenvalue weighted by Crippen LogP contribution is -2.25. The third kappa shape index (κ3) is 2.98. The van der Waals surface area contributed by atoms with Crippen molar-refractivity contribution in [2.24, 2.45) is 5.41 Å². The van der Waals surface area contributed by atoms with Crippen LogP contribution in [0.2, 0.25) is 0 Å². The summed E-state index contributed by atoms with van der Waals surface area (Å²) >= 11 is 1.60. The Morgan fingerprint density at radius 1 is 1.04 bits per heavy atom. The molecule has 1 heterocycles. The van der Waals surface area contributed by atoms with Crippen LogP contribution >= 0.6 is 11.8 Å². The van der Waals surface area contributed by atoms with Crippen LogP contribution < -0.4 is 0 Å². The lowest BCUT2D eigenvalue weighted by molar-refractivity contribution is -0.114. The number of Topliss-reactive ketones (excluding diaryl/α,β-unsaturated/α-hetero) is 1. The van der Waals surface area contributed by atoms with E-state index in [0.717, 1.165) is 47.1 Å². The number of allylic oxidation sites excluding steroid dienone is 2. The molecular weight excluding hydrogens is 328 g/mol. The Hall–Kier alpha value is -2.13. The van der Waals surface area contributed by atoms with E-state index in [1.165, 1.54) is 0 Å². The Kier molecular flexibility index (Phi) is 4.34. The summed E-state index contributed by atoms with van der Waals surface area (Å²) in [5.74, 6) is 0.140. The van der Waals surface area contributed by atoms with Crippen LogP contribution in [-0.4, -0.2) is 17.3 Å². The standard InChI is InChI=1S/C22H20O2S/c23-15-22-13-5-4-8-20(22)25-19(14-22)21(24)18-11-9-17(10-12-18)16-6-2-1-3-7-16/h1-3,6-12,15,19H,4-5,13-14H2. The highest BCUT2D eigenvalue weighted by Gasteiger charge is 2.47. The third-order valence-electron chi connectivity index (χ3n) is 5.26. The number of ketones is 1. The molecule has 2 unspecified atom stereocenters. The molecule has 25 heavy (non-hydrogen) atoms. The van der Waals surface area contributed by atoms with E-state index in [-0.39, 0.29) is 11.0 Å². The van der Waals surface area contributed by atoms with Gasteiger partial charge in [0.2, 0.25) is 0 Å². The molecule has 1 aliphatic carbocycles. The maximum atomic E-state index is 12.9. The van der Waals surface area contributed by atoms with Crippen LogP contribution in [0.4, 0.5) is 0 Å². The number of carbonyl (C=O) groups excluding carboxylic acids is 2. The van der Waals surface area contributed by atoms with Gasteiger partial charge in [0.1, 0.15) is 6.29 Å². The van der Waals surface area contributed by atoms with Crippen molar-refractivity contribution < 1.29 is 9.59 Å². The van der Waals surface area contributed by atoms with Crippen molar-refractivity contribution in [3.63, 3.8) is 0 Å². The zero-order valence-corrected chi connectivity index (χ0v) is 14.8. The number of aldehydes is 1. The molecule has 0 aromatic heterocycles. The first-order valence-electron chi connectivity index (χ1n) is 8.75. The molecule has 126 valence electrons. The Morgan fingerprint density at radius 3 is 2.44 bits per heavy atom. The third-order valence-corrected chi connectivity index (χ3v) is 6.75. The average Bonchev–Trinajstić information content (AvgIpc) is 3.08. The second kappa shape index (κ2) is 6.64. The van der Waals surface area contributed by atoms with Crippen LogP contribution in [0.25, 0.3) is 11.1 Å². The highest BCUT2D eigenvalue weighted by molar-refractivity contribution is 8.04. The predicted octanol–water partition coefficient (Wildman–Crippen LogP) is 5.29. The number of fused-ring (bicyclic) bond motifs is 1. The molecule has 0 N–H and O–H groups in total. The molecule has 0 amide bonds. The van der Waals surface area contributed by atoms with Crippen molar-refractivity contribution in [2.75, 3.05) is 0 Å². The van der Waals surface area contributed by atoms with Crippen molar-refractivity contribution in [3.05, 3.63) is 71.1 Å². The molecule has 2 nitrogen and oxygen atoms in total. The molecular formula is C22H20O2S. The lowest BCUT2D eigenvalue weighted by atomic mass is 9.76. The van der Waals surface area contributed by atoms with Crippen LogP contribution in [0.15, 0.2) is 65.6 Å². The molecule has 2 aromatic rings. The maximum Gasteiger partial charge on any atom is 0.176 e. The Labute approximate surface area is 152 Å². The fourth-order valence-electron chi connectivity index (χ4n) is 3.83. The molecule has 2 aliphatic rings. The maximum absolute atomic E-state index is 12.9. The molecule has 3 heteroatoms. The van der Waals surface area contributed by atoms with Gasteiger partial charge in [-0.2, -0.15) is 0 Å². The summed E-state index contributed by atoms with van der Waals surface area (Å²) in [6.45, 7) is 0. The average molecular weight is 348 g/mol. The monoisotopic (exact) mass is 348 g/mol. The van der Waals surface area contributed by atoms with Crippen molar-refractivity contribution in [3.8, 4) is 11.1 Å². The van der Waals surface area contributed by atoms with Gasteiger partial charge in [0.15, 0.2) is 5.78 Å². The number of rotatable bonds is 4. The highest BCUT2D eigenvalue weighted by Crippen LogP contribution is 2.55. The molecule has 0 spiro atoms. The number of thioether (sulfide) groups is 1. The van der Waals surface area contributed by atoms with Gasteiger partial charge in [0.05, 0.1) is 10.7 Å². The minimum absolute atomic E-state index is 0.140. The van der Waals surface area contributed by atoms with Crippen molar-refractivity contribution in [1.82, 2.24) is 0 Å². The number of hydrogen-bond acceptors (Lipinski definition) is 3. The van der Waals surface area contributed by atoms with Gasteiger partial charge in [0.25, 0.3) is 0 Å². The second-order valence-electron chi connectivity index (χ2n) is 6.85. The van der Waals surface area contributed by atoms with Crippen molar-refractivity contribution >= 4 is 23.8 Å². The molecule has 1 aliphatic heterocycles. The van der Waals surface area contributed by atoms with Gasteiger partial charge in [-0.05, 0) is 41.7 Å². The summed E-state index contributed by atoms with van der Waals surface area (Å²) in [5.41, 5.74) is 2.59. The van der Waals surface area contributed by atoms with Crippen LogP contribution in [0.3, 0.4) is 0 Å². The first-order chi connectivity index (χ1) is 12.2. The van der Waals surface area contributed by atoms with E-state index >= 15 is 0 Å². The predicted molar refractivity (Wildman–Crippen MR) is 103 cm³/mol. The minimum Gasteiger partial charge on any atom is -0.302 e. The van der Waals surface area contributed by atoms with E-state index in [1.54, 1.807) is 11.8 Å². The Morgan fingerprint density at radius 2 is 1.76 bits per heavy atom. The van der Waals surface area contributed by atoms with Crippen molar-refractivity contribution in [2.45, 2.75) is 30.9 Å². The topological polar surface area (TPSA) is 34.1 Å². The molecule has 4 rings (SSSR count). The molecule has 1 fully saturated rings. The fraction of sp³-hybridized carbons (Fsp3) is 0.273. The zero-order valence-electron chi connectivity index (χ0n) is 14.0. The summed E-state index contributed by atoms with van der Waals surface area (Å²) < 4.78 is 0. The summed E-state index contributed by atoms with van der Waals surface area (Å²) in [7, 11) is 0. The van der Waals surface area contributed by atoms with E-state index in [1.807, 2.05) is 42.5 Å². The van der Waals surface area contributed by atoms with E-state index in [2.05, 4.69) is 18.2 Å². The van der Waals surface area contributed by atoms with Gasteiger partial charge in [-0.1, -0.05) is 60.7 Å². The van der Waals surface area contributed by atoms with Gasteiger partial charge in [0, 0.05) is 5.56 Å². The summed E-state index contributed by atoms with van der Waals surface area (Å²) in [6, 6.07) is 18.0. The van der Waals surface area contributed by atoms with Crippen molar-refractivity contribution in [1.29, 1.82) is 0 Å². The second-order valence-corrected chi connectivity index (χ2v) is 8.10. The molecule has 0 radical (unpaired) electrons. The zero-order chi connectivity index (χ0) is 17.3. The molecule has 0 bridgehead atoms. The van der Waals surface area contributed by atoms with E-state index < -0.39 is 5.41 Å². The molecule has 2 aromatic carbocycles. The quantitative estimate of drug-likeness (QED) is 0.556. The smallest absolute Gasteiger partial charge is 0.176 e. The first-order valence-corrected chi connectivity index (χ1v) is 9.63. The largest absolute Gasteiger partial charge is 0.302 e. The van der Waals surface area contributed by atoms with Gasteiger partial charge >= 0.3 is 0 Å². The van der Waals surface area contributed by atoms with E-state index in [0.29, 0.717) is 6.42 Å². The lowest BCUT2D eigenvalue weighted by Gasteiger charge is -2.26. The summed E-state index contributed by atoms with van der Waals surface area (Å²) in [5, 5.41) is -0.142. The van der Waals surface area contributed by atoms with Crippen LogP contribution in [0.5, 0.6) is 0 Å². The van der Waals surface area contributed by atoms with Gasteiger partial charge in [-0.15, -0.1) is 11.8 Å². The normalized spacial score (nSPS) is 25.1. The molecule has 1 saturated heterocycles. The van der Waals surface area contributed by atoms with Gasteiger partial charge < -0.3 is 4.79 Å². The minimum atomic E-state index is -0.396. The summed E-state index contributed by atoms with van der Waals surface area (Å²) in [6.07, 6.45) is 6.82. The van der Waals surface area contributed by atoms with Crippen LogP contribution in [0.1, 0.15) is 36.0 Å². The molecule has 0 saturated carbocycles. The Balaban J connectivity index is 1.55. The summed E-state index contributed by atoms with van der Waals surface area (Å²) in [4.78, 5) is 25.8.